The van der Waals surface area contributed by atoms with Gasteiger partial charge in [-0.1, -0.05) is 66.6 Å². The minimum atomic E-state index is -0.715. The van der Waals surface area contributed by atoms with Crippen molar-refractivity contribution in [2.75, 3.05) is 0 Å². The smallest absolute Gasteiger partial charge is 0.314 e. The molecule has 3 saturated carbocycles. The Balaban J connectivity index is 0.000000162. The summed E-state index contributed by atoms with van der Waals surface area (Å²) in [6, 6.07) is 9.35. The first-order chi connectivity index (χ1) is 13.5. The molecule has 1 aromatic rings. The molecule has 4 heteroatoms. The van der Waals surface area contributed by atoms with Crippen LogP contribution in [0.4, 0.5) is 0 Å². The van der Waals surface area contributed by atoms with Gasteiger partial charge in [0.1, 0.15) is 0 Å². The second kappa shape index (κ2) is 10.2. The maximum absolute atomic E-state index is 11.4. The van der Waals surface area contributed by atoms with E-state index in [1.54, 1.807) is 0 Å². The molecule has 1 atom stereocenters. The van der Waals surface area contributed by atoms with E-state index in [1.165, 1.54) is 64.2 Å². The fourth-order valence-corrected chi connectivity index (χ4v) is 5.13. The summed E-state index contributed by atoms with van der Waals surface area (Å²) in [4.78, 5) is 11.4. The molecular weight excluding hydrogens is 414 g/mol. The monoisotopic (exact) mass is 449 g/mol. The van der Waals surface area contributed by atoms with Gasteiger partial charge in [-0.3, -0.25) is 4.79 Å². The summed E-state index contributed by atoms with van der Waals surface area (Å²) in [5, 5.41) is 13.2. The summed E-state index contributed by atoms with van der Waals surface area (Å²) < 4.78 is 0.981. The van der Waals surface area contributed by atoms with Gasteiger partial charge in [0.15, 0.2) is 0 Å². The third kappa shape index (κ3) is 5.82. The van der Waals surface area contributed by atoms with Crippen LogP contribution in [0.3, 0.4) is 0 Å². The lowest BCUT2D eigenvalue weighted by Crippen LogP contribution is -2.40. The highest BCUT2D eigenvalue weighted by Gasteiger charge is 2.48. The summed E-state index contributed by atoms with van der Waals surface area (Å²) in [5.41, 5.74) is 0.196. The van der Waals surface area contributed by atoms with Crippen LogP contribution >= 0.6 is 15.9 Å². The van der Waals surface area contributed by atoms with Crippen LogP contribution in [-0.4, -0.2) is 23.2 Å². The number of halogens is 1. The Morgan fingerprint density at radius 1 is 0.893 bits per heavy atom. The van der Waals surface area contributed by atoms with Gasteiger partial charge in [-0.05, 0) is 69.1 Å². The maximum atomic E-state index is 11.4. The van der Waals surface area contributed by atoms with E-state index in [4.69, 9.17) is 0 Å². The quantitative estimate of drug-likeness (QED) is 0.543. The molecule has 0 heterocycles. The molecule has 0 aliphatic heterocycles. The summed E-state index contributed by atoms with van der Waals surface area (Å²) in [6.07, 6.45) is 16.6. The second-order valence-electron chi connectivity index (χ2n) is 9.13. The highest BCUT2D eigenvalue weighted by atomic mass is 79.9. The number of hydrogen-bond acceptors (Lipinski definition) is 2. The van der Waals surface area contributed by atoms with E-state index in [0.717, 1.165) is 35.0 Å². The Hall–Kier alpha value is -0.870. The van der Waals surface area contributed by atoms with Crippen LogP contribution in [-0.2, 0) is 10.2 Å². The molecule has 0 aromatic heterocycles. The molecule has 0 spiro atoms. The zero-order valence-electron chi connectivity index (χ0n) is 17.3. The third-order valence-electron chi connectivity index (χ3n) is 6.96. The van der Waals surface area contributed by atoms with Gasteiger partial charge in [0, 0.05) is 16.6 Å². The molecule has 4 rings (SSSR count). The highest BCUT2D eigenvalue weighted by molar-refractivity contribution is 9.10. The van der Waals surface area contributed by atoms with Gasteiger partial charge in [0.25, 0.3) is 0 Å². The number of benzene rings is 1. The number of carboxylic acid groups (broad SMARTS) is 1. The molecule has 3 aliphatic rings. The lowest BCUT2D eigenvalue weighted by atomic mass is 9.78. The molecule has 3 nitrogen and oxygen atoms in total. The van der Waals surface area contributed by atoms with Crippen molar-refractivity contribution in [3.8, 4) is 0 Å². The van der Waals surface area contributed by atoms with Crippen molar-refractivity contribution in [3.05, 3.63) is 34.3 Å². The van der Waals surface area contributed by atoms with E-state index in [0.29, 0.717) is 5.92 Å². The first-order valence-corrected chi connectivity index (χ1v) is 12.0. The molecule has 0 amide bonds. The lowest BCUT2D eigenvalue weighted by Gasteiger charge is -2.30. The molecule has 28 heavy (non-hydrogen) atoms. The van der Waals surface area contributed by atoms with E-state index in [2.05, 4.69) is 21.2 Å². The van der Waals surface area contributed by atoms with E-state index in [-0.39, 0.29) is 0 Å². The standard InChI is InChI=1S/C12H13BrO2.C12H23N/c1-12(11(14)15,8-2-3-8)9-4-6-10(13)7-5-9;1-3-7-11(8-4-1)13-12-9-5-2-6-10-12/h4-8H,2-3H2,1H3,(H,14,15);11-13H,1-10H2. The van der Waals surface area contributed by atoms with Crippen LogP contribution in [0.1, 0.15) is 89.5 Å². The minimum Gasteiger partial charge on any atom is -0.481 e. The molecule has 0 saturated heterocycles. The first-order valence-electron chi connectivity index (χ1n) is 11.3. The molecule has 3 fully saturated rings. The third-order valence-corrected chi connectivity index (χ3v) is 7.49. The minimum absolute atomic E-state index is 0.302. The Morgan fingerprint density at radius 3 is 1.75 bits per heavy atom. The lowest BCUT2D eigenvalue weighted by molar-refractivity contribution is -0.144. The maximum Gasteiger partial charge on any atom is 0.314 e. The summed E-state index contributed by atoms with van der Waals surface area (Å²) in [7, 11) is 0. The van der Waals surface area contributed by atoms with Crippen LogP contribution in [0, 0.1) is 5.92 Å². The molecule has 0 bridgehead atoms. The highest BCUT2D eigenvalue weighted by Crippen LogP contribution is 2.47. The van der Waals surface area contributed by atoms with Crippen molar-refractivity contribution < 1.29 is 9.90 Å². The molecule has 0 radical (unpaired) electrons. The van der Waals surface area contributed by atoms with Crippen LogP contribution < -0.4 is 5.32 Å². The van der Waals surface area contributed by atoms with E-state index in [9.17, 15) is 9.90 Å². The van der Waals surface area contributed by atoms with Crippen molar-refractivity contribution in [1.82, 2.24) is 5.32 Å². The largest absolute Gasteiger partial charge is 0.481 e. The van der Waals surface area contributed by atoms with Crippen LogP contribution in [0.15, 0.2) is 28.7 Å². The number of carboxylic acids is 1. The Kier molecular flexibility index (Phi) is 7.99. The predicted molar refractivity (Wildman–Crippen MR) is 119 cm³/mol. The number of nitrogens with one attached hydrogen (secondary N) is 1. The zero-order chi connectivity index (χ0) is 20.0. The topological polar surface area (TPSA) is 49.3 Å². The fraction of sp³-hybridized carbons (Fsp3) is 0.708. The predicted octanol–water partition coefficient (Wildman–Crippen LogP) is 6.44. The molecule has 1 aromatic carbocycles. The number of hydrogen-bond donors (Lipinski definition) is 2. The van der Waals surface area contributed by atoms with Gasteiger partial charge >= 0.3 is 5.97 Å². The van der Waals surface area contributed by atoms with E-state index < -0.39 is 11.4 Å². The van der Waals surface area contributed by atoms with Gasteiger partial charge in [-0.25, -0.2) is 0 Å². The normalized spacial score (nSPS) is 23.4. The van der Waals surface area contributed by atoms with Crippen LogP contribution in [0.2, 0.25) is 0 Å². The average molecular weight is 450 g/mol. The SMILES string of the molecule is C1CCC(NC2CCCCC2)CC1.CC(C(=O)O)(c1ccc(Br)cc1)C1CC1. The summed E-state index contributed by atoms with van der Waals surface area (Å²) >= 11 is 3.35. The van der Waals surface area contributed by atoms with Crippen LogP contribution in [0.5, 0.6) is 0 Å². The van der Waals surface area contributed by atoms with Gasteiger partial charge in [-0.2, -0.15) is 0 Å². The van der Waals surface area contributed by atoms with Crippen molar-refractivity contribution in [2.24, 2.45) is 5.92 Å². The number of aliphatic carboxylic acids is 1. The van der Waals surface area contributed by atoms with Crippen molar-refractivity contribution in [1.29, 1.82) is 0 Å². The van der Waals surface area contributed by atoms with Gasteiger partial charge in [0.2, 0.25) is 0 Å². The Labute approximate surface area is 178 Å². The molecule has 1 unspecified atom stereocenters. The van der Waals surface area contributed by atoms with Gasteiger partial charge < -0.3 is 10.4 Å². The fourth-order valence-electron chi connectivity index (χ4n) is 4.86. The van der Waals surface area contributed by atoms with Gasteiger partial charge in [-0.15, -0.1) is 0 Å². The zero-order valence-corrected chi connectivity index (χ0v) is 18.8. The first kappa shape index (κ1) is 21.8. The van der Waals surface area contributed by atoms with E-state index in [1.807, 2.05) is 31.2 Å². The molecule has 156 valence electrons. The Morgan fingerprint density at radius 2 is 1.36 bits per heavy atom. The summed E-state index contributed by atoms with van der Waals surface area (Å²) in [5.74, 6) is -0.413. The van der Waals surface area contributed by atoms with Crippen molar-refractivity contribution >= 4 is 21.9 Å². The summed E-state index contributed by atoms with van der Waals surface area (Å²) in [6.45, 7) is 1.83. The Bertz CT molecular complexity index is 600. The molecule has 3 aliphatic carbocycles. The average Bonchev–Trinajstić information content (AvgIpc) is 3.56. The molecule has 2 N–H and O–H groups in total. The molecular formula is C24H36BrNO2. The van der Waals surface area contributed by atoms with Crippen LogP contribution in [0.25, 0.3) is 0 Å². The van der Waals surface area contributed by atoms with Crippen molar-refractivity contribution in [3.63, 3.8) is 0 Å². The second-order valence-corrected chi connectivity index (χ2v) is 10.0. The van der Waals surface area contributed by atoms with Crippen molar-refractivity contribution in [2.45, 2.75) is 101 Å². The van der Waals surface area contributed by atoms with Gasteiger partial charge in [0.05, 0.1) is 5.41 Å². The van der Waals surface area contributed by atoms with E-state index >= 15 is 0 Å². The number of carbonyl (C=O) groups is 1. The number of rotatable bonds is 5.